The molecule has 1 aromatic carbocycles. The standard InChI is InChI=1S/C20H25NO5/c1-20-7-6-13-12-3-2-11(22)8-15(12)17(21-26-10-19(24)25)9-14(13)16(20)4-5-18(20)23/h2-3,8,13-14,16,18,22-23H,4-7,9-10H2,1H3,(H,24,25)/b21-17+/t13-,14-,16+,18+,20+/m0/s1. The smallest absolute Gasteiger partial charge is 0.344 e. The molecule has 0 amide bonds. The fourth-order valence-corrected chi connectivity index (χ4v) is 5.63. The maximum atomic E-state index is 10.7. The summed E-state index contributed by atoms with van der Waals surface area (Å²) in [7, 11) is 0. The van der Waals surface area contributed by atoms with Gasteiger partial charge in [0.25, 0.3) is 0 Å². The predicted molar refractivity (Wildman–Crippen MR) is 95.2 cm³/mol. The number of hydrogen-bond donors (Lipinski definition) is 3. The van der Waals surface area contributed by atoms with Crippen LogP contribution in [0.2, 0.25) is 0 Å². The van der Waals surface area contributed by atoms with Crippen LogP contribution in [0.3, 0.4) is 0 Å². The minimum Gasteiger partial charge on any atom is -0.508 e. The van der Waals surface area contributed by atoms with Crippen LogP contribution in [0, 0.1) is 17.3 Å². The molecule has 0 unspecified atom stereocenters. The Morgan fingerprint density at radius 1 is 1.35 bits per heavy atom. The number of phenolic OH excluding ortho intramolecular Hbond substituents is 1. The van der Waals surface area contributed by atoms with E-state index in [2.05, 4.69) is 12.1 Å². The monoisotopic (exact) mass is 359 g/mol. The van der Waals surface area contributed by atoms with Gasteiger partial charge in [-0.2, -0.15) is 0 Å². The molecule has 3 N–H and O–H groups in total. The van der Waals surface area contributed by atoms with Gasteiger partial charge in [0.2, 0.25) is 6.61 Å². The number of carboxylic acid groups (broad SMARTS) is 1. The molecule has 0 saturated heterocycles. The van der Waals surface area contributed by atoms with Crippen molar-refractivity contribution in [1.82, 2.24) is 0 Å². The second kappa shape index (κ2) is 6.27. The minimum absolute atomic E-state index is 0.0530. The van der Waals surface area contributed by atoms with Crippen LogP contribution in [-0.4, -0.2) is 39.7 Å². The van der Waals surface area contributed by atoms with Crippen molar-refractivity contribution in [3.8, 4) is 5.75 Å². The molecular weight excluding hydrogens is 334 g/mol. The number of carbonyl (C=O) groups is 1. The molecule has 0 aromatic heterocycles. The average Bonchev–Trinajstić information content (AvgIpc) is 2.90. The van der Waals surface area contributed by atoms with Crippen molar-refractivity contribution < 1.29 is 25.0 Å². The summed E-state index contributed by atoms with van der Waals surface area (Å²) >= 11 is 0. The van der Waals surface area contributed by atoms with Crippen molar-refractivity contribution >= 4 is 11.7 Å². The van der Waals surface area contributed by atoms with E-state index in [0.717, 1.165) is 36.8 Å². The number of phenols is 1. The molecule has 3 aliphatic rings. The Balaban J connectivity index is 1.72. The van der Waals surface area contributed by atoms with E-state index in [1.54, 1.807) is 12.1 Å². The lowest BCUT2D eigenvalue weighted by atomic mass is 9.55. The molecule has 1 aromatic rings. The Labute approximate surface area is 152 Å². The van der Waals surface area contributed by atoms with Crippen LogP contribution in [0.25, 0.3) is 0 Å². The molecule has 0 bridgehead atoms. The summed E-state index contributed by atoms with van der Waals surface area (Å²) in [5.41, 5.74) is 2.66. The summed E-state index contributed by atoms with van der Waals surface area (Å²) in [6.45, 7) is 1.72. The first-order valence-electron chi connectivity index (χ1n) is 9.32. The maximum Gasteiger partial charge on any atom is 0.344 e. The fourth-order valence-electron chi connectivity index (χ4n) is 5.63. The van der Waals surface area contributed by atoms with Gasteiger partial charge < -0.3 is 20.2 Å². The Kier molecular flexibility index (Phi) is 4.18. The first kappa shape index (κ1) is 17.3. The van der Waals surface area contributed by atoms with Gasteiger partial charge in [0, 0.05) is 5.56 Å². The summed E-state index contributed by atoms with van der Waals surface area (Å²) in [6.07, 6.45) is 4.30. The van der Waals surface area contributed by atoms with Crippen LogP contribution in [0.15, 0.2) is 23.4 Å². The second-order valence-corrected chi connectivity index (χ2v) is 8.20. The van der Waals surface area contributed by atoms with E-state index in [1.807, 2.05) is 6.07 Å². The van der Waals surface area contributed by atoms with Crippen LogP contribution in [-0.2, 0) is 9.63 Å². The third-order valence-corrected chi connectivity index (χ3v) is 6.93. The highest BCUT2D eigenvalue weighted by Crippen LogP contribution is 2.60. The molecule has 0 heterocycles. The molecule has 2 fully saturated rings. The van der Waals surface area contributed by atoms with Gasteiger partial charge in [-0.1, -0.05) is 18.1 Å². The van der Waals surface area contributed by atoms with Crippen molar-refractivity contribution in [3.63, 3.8) is 0 Å². The van der Waals surface area contributed by atoms with Gasteiger partial charge in [-0.05, 0) is 73.0 Å². The van der Waals surface area contributed by atoms with Crippen LogP contribution in [0.5, 0.6) is 5.75 Å². The molecule has 0 spiro atoms. The highest BCUT2D eigenvalue weighted by molar-refractivity contribution is 6.03. The zero-order valence-electron chi connectivity index (χ0n) is 14.9. The van der Waals surface area contributed by atoms with Crippen molar-refractivity contribution in [1.29, 1.82) is 0 Å². The molecule has 0 aliphatic heterocycles. The zero-order chi connectivity index (χ0) is 18.5. The molecule has 0 radical (unpaired) electrons. The lowest BCUT2D eigenvalue weighted by molar-refractivity contribution is -0.142. The van der Waals surface area contributed by atoms with Gasteiger partial charge in [-0.3, -0.25) is 0 Å². The van der Waals surface area contributed by atoms with E-state index < -0.39 is 12.6 Å². The summed E-state index contributed by atoms with van der Waals surface area (Å²) < 4.78 is 0. The lowest BCUT2D eigenvalue weighted by Gasteiger charge is -2.50. The van der Waals surface area contributed by atoms with E-state index in [0.29, 0.717) is 29.9 Å². The molecule has 6 nitrogen and oxygen atoms in total. The summed E-state index contributed by atoms with van der Waals surface area (Å²) in [5.74, 6) is 0.263. The Morgan fingerprint density at radius 3 is 2.92 bits per heavy atom. The van der Waals surface area contributed by atoms with Gasteiger partial charge in [-0.25, -0.2) is 4.79 Å². The van der Waals surface area contributed by atoms with Crippen LogP contribution in [0.4, 0.5) is 0 Å². The van der Waals surface area contributed by atoms with E-state index in [9.17, 15) is 15.0 Å². The van der Waals surface area contributed by atoms with E-state index in [1.165, 1.54) is 0 Å². The number of aliphatic hydroxyl groups excluding tert-OH is 1. The first-order chi connectivity index (χ1) is 12.4. The van der Waals surface area contributed by atoms with Gasteiger partial charge >= 0.3 is 5.97 Å². The lowest BCUT2D eigenvalue weighted by Crippen LogP contribution is -2.45. The Hall–Kier alpha value is -2.08. The van der Waals surface area contributed by atoms with Crippen LogP contribution in [0.1, 0.15) is 56.1 Å². The maximum absolute atomic E-state index is 10.7. The molecule has 26 heavy (non-hydrogen) atoms. The summed E-state index contributed by atoms with van der Waals surface area (Å²) in [6, 6.07) is 5.36. The molecular formula is C20H25NO5. The molecule has 4 rings (SSSR count). The topological polar surface area (TPSA) is 99.4 Å². The number of nitrogens with zero attached hydrogens (tertiary/aromatic N) is 1. The highest BCUT2D eigenvalue weighted by atomic mass is 16.6. The number of rotatable bonds is 3. The third-order valence-electron chi connectivity index (χ3n) is 6.93. The Bertz CT molecular complexity index is 761. The molecule has 2 saturated carbocycles. The largest absolute Gasteiger partial charge is 0.508 e. The van der Waals surface area contributed by atoms with Crippen LogP contribution >= 0.6 is 0 Å². The normalized spacial score (nSPS) is 36.9. The van der Waals surface area contributed by atoms with Crippen molar-refractivity contribution in [3.05, 3.63) is 29.3 Å². The van der Waals surface area contributed by atoms with Crippen LogP contribution < -0.4 is 0 Å². The second-order valence-electron chi connectivity index (χ2n) is 8.20. The van der Waals surface area contributed by atoms with Gasteiger partial charge in [0.15, 0.2) is 0 Å². The first-order valence-corrected chi connectivity index (χ1v) is 9.32. The fraction of sp³-hybridized carbons (Fsp3) is 0.600. The summed E-state index contributed by atoms with van der Waals surface area (Å²) in [4.78, 5) is 15.8. The molecule has 5 atom stereocenters. The van der Waals surface area contributed by atoms with Crippen molar-refractivity contribution in [2.24, 2.45) is 22.4 Å². The number of hydrogen-bond acceptors (Lipinski definition) is 5. The zero-order valence-corrected chi connectivity index (χ0v) is 14.9. The van der Waals surface area contributed by atoms with Gasteiger partial charge in [0.1, 0.15) is 5.75 Å². The van der Waals surface area contributed by atoms with Crippen molar-refractivity contribution in [2.45, 2.75) is 51.0 Å². The van der Waals surface area contributed by atoms with E-state index in [-0.39, 0.29) is 17.3 Å². The van der Waals surface area contributed by atoms with E-state index >= 15 is 0 Å². The quantitative estimate of drug-likeness (QED) is 0.721. The number of aromatic hydroxyl groups is 1. The minimum atomic E-state index is -1.07. The SMILES string of the molecule is C[C@@]12CC[C@H]3c4ccc(O)cc4/C(=N/OCC(=O)O)C[C@@H]3[C@H]1CC[C@H]2O. The number of oxime groups is 1. The molecule has 140 valence electrons. The third kappa shape index (κ3) is 2.67. The number of benzene rings is 1. The van der Waals surface area contributed by atoms with Gasteiger partial charge in [0.05, 0.1) is 11.8 Å². The number of aliphatic hydroxyl groups is 1. The Morgan fingerprint density at radius 2 is 2.15 bits per heavy atom. The van der Waals surface area contributed by atoms with Gasteiger partial charge in [-0.15, -0.1) is 0 Å². The summed E-state index contributed by atoms with van der Waals surface area (Å²) in [5, 5.41) is 33.3. The molecule has 6 heteroatoms. The number of fused-ring (bicyclic) bond motifs is 5. The predicted octanol–water partition coefficient (Wildman–Crippen LogP) is 2.87. The average molecular weight is 359 g/mol. The number of aliphatic carboxylic acids is 1. The van der Waals surface area contributed by atoms with E-state index in [4.69, 9.17) is 9.94 Å². The number of carboxylic acids is 1. The van der Waals surface area contributed by atoms with Crippen molar-refractivity contribution in [2.75, 3.05) is 6.61 Å². The molecule has 3 aliphatic carbocycles. The highest BCUT2D eigenvalue weighted by Gasteiger charge is 2.55.